The van der Waals surface area contributed by atoms with Crippen molar-refractivity contribution in [2.24, 2.45) is 0 Å². The van der Waals surface area contributed by atoms with E-state index < -0.39 is 11.7 Å². The Kier molecular flexibility index (Phi) is 5.21. The molecule has 3 nitrogen and oxygen atoms in total. The van der Waals surface area contributed by atoms with Crippen molar-refractivity contribution in [1.82, 2.24) is 4.90 Å². The summed E-state index contributed by atoms with van der Waals surface area (Å²) in [6.45, 7) is 4.90. The van der Waals surface area contributed by atoms with Crippen LogP contribution in [0.2, 0.25) is 0 Å². The molecular weight excluding hydrogens is 295 g/mol. The van der Waals surface area contributed by atoms with Crippen molar-refractivity contribution in [2.75, 3.05) is 33.9 Å². The van der Waals surface area contributed by atoms with Gasteiger partial charge in [0.25, 0.3) is 0 Å². The number of nitrogens with zero attached hydrogens (tertiary/aromatic N) is 1. The van der Waals surface area contributed by atoms with Crippen LogP contribution in [0.4, 0.5) is 13.2 Å². The van der Waals surface area contributed by atoms with Crippen molar-refractivity contribution in [1.29, 1.82) is 0 Å². The van der Waals surface area contributed by atoms with Crippen LogP contribution in [0, 0.1) is 0 Å². The highest BCUT2D eigenvalue weighted by atomic mass is 19.4. The molecule has 1 saturated heterocycles. The minimum atomic E-state index is -4.46. The average Bonchev–Trinajstić information content (AvgIpc) is 2.52. The van der Waals surface area contributed by atoms with Crippen molar-refractivity contribution in [3.63, 3.8) is 0 Å². The number of hydrogen-bond donors (Lipinski definition) is 0. The van der Waals surface area contributed by atoms with Crippen molar-refractivity contribution < 1.29 is 22.6 Å². The molecule has 124 valence electrons. The third kappa shape index (κ3) is 3.48. The highest BCUT2D eigenvalue weighted by Gasteiger charge is 2.36. The van der Waals surface area contributed by atoms with E-state index in [1.807, 2.05) is 0 Å². The molecule has 6 heteroatoms. The Hall–Kier alpha value is -1.43. The third-order valence-electron chi connectivity index (χ3n) is 4.25. The van der Waals surface area contributed by atoms with Gasteiger partial charge in [-0.25, -0.2) is 0 Å². The fraction of sp³-hybridized carbons (Fsp3) is 0.625. The number of halogens is 3. The molecule has 0 aliphatic carbocycles. The molecular formula is C16H22F3NO2. The van der Waals surface area contributed by atoms with Gasteiger partial charge in [0, 0.05) is 18.0 Å². The van der Waals surface area contributed by atoms with Crippen molar-refractivity contribution >= 4 is 0 Å². The van der Waals surface area contributed by atoms with Gasteiger partial charge in [0.2, 0.25) is 0 Å². The number of piperidine rings is 1. The van der Waals surface area contributed by atoms with Crippen LogP contribution in [-0.2, 0) is 6.18 Å². The Balaban J connectivity index is 2.42. The summed E-state index contributed by atoms with van der Waals surface area (Å²) < 4.78 is 49.5. The first kappa shape index (κ1) is 16.9. The summed E-state index contributed by atoms with van der Waals surface area (Å²) in [5.74, 6) is 0.313. The summed E-state index contributed by atoms with van der Waals surface area (Å²) in [5.41, 5.74) is 0.00394. The van der Waals surface area contributed by atoms with Crippen LogP contribution in [0.15, 0.2) is 12.1 Å². The highest BCUT2D eigenvalue weighted by Crippen LogP contribution is 2.43. The molecule has 0 bridgehead atoms. The number of benzene rings is 1. The third-order valence-corrected chi connectivity index (χ3v) is 4.25. The second kappa shape index (κ2) is 6.77. The lowest BCUT2D eigenvalue weighted by Gasteiger charge is -2.33. The van der Waals surface area contributed by atoms with Crippen molar-refractivity contribution in [3.05, 3.63) is 23.3 Å². The molecule has 0 saturated carbocycles. The quantitative estimate of drug-likeness (QED) is 0.840. The first-order valence-corrected chi connectivity index (χ1v) is 7.46. The zero-order valence-corrected chi connectivity index (χ0v) is 13.2. The predicted molar refractivity (Wildman–Crippen MR) is 78.6 cm³/mol. The fourth-order valence-corrected chi connectivity index (χ4v) is 3.06. The number of hydrogen-bond acceptors (Lipinski definition) is 3. The van der Waals surface area contributed by atoms with Gasteiger partial charge < -0.3 is 14.4 Å². The summed E-state index contributed by atoms with van der Waals surface area (Å²) in [7, 11) is 2.67. The van der Waals surface area contributed by atoms with E-state index in [0.29, 0.717) is 0 Å². The standard InChI is InChI=1S/C16H22F3NO2/c1-4-20-7-5-6-11(10-20)12-8-15(22-3)13(16(17,18)19)9-14(12)21-2/h8-9,11H,4-7,10H2,1-3H3/t11-/m1/s1. The topological polar surface area (TPSA) is 21.7 Å². The maximum absolute atomic E-state index is 13.1. The summed E-state index contributed by atoms with van der Waals surface area (Å²) in [6.07, 6.45) is -2.48. The Morgan fingerprint density at radius 1 is 1.18 bits per heavy atom. The molecule has 2 rings (SSSR count). The van der Waals surface area contributed by atoms with E-state index in [-0.39, 0.29) is 17.4 Å². The molecule has 0 N–H and O–H groups in total. The monoisotopic (exact) mass is 317 g/mol. The average molecular weight is 317 g/mol. The van der Waals surface area contributed by atoms with Gasteiger partial charge in [0.15, 0.2) is 0 Å². The maximum Gasteiger partial charge on any atom is 0.420 e. The van der Waals surface area contributed by atoms with Gasteiger partial charge in [0.1, 0.15) is 17.1 Å². The molecule has 0 amide bonds. The molecule has 1 aromatic rings. The highest BCUT2D eigenvalue weighted by molar-refractivity contribution is 5.49. The predicted octanol–water partition coefficient (Wildman–Crippen LogP) is 3.92. The largest absolute Gasteiger partial charge is 0.496 e. The van der Waals surface area contributed by atoms with Crippen LogP contribution in [0.3, 0.4) is 0 Å². The zero-order chi connectivity index (χ0) is 16.3. The normalized spacial score (nSPS) is 20.0. The van der Waals surface area contributed by atoms with E-state index in [0.717, 1.165) is 44.1 Å². The lowest BCUT2D eigenvalue weighted by molar-refractivity contribution is -0.138. The van der Waals surface area contributed by atoms with Crippen LogP contribution in [-0.4, -0.2) is 38.8 Å². The van der Waals surface area contributed by atoms with E-state index in [1.54, 1.807) is 0 Å². The molecule has 1 fully saturated rings. The summed E-state index contributed by atoms with van der Waals surface area (Å²) in [6, 6.07) is 2.55. The van der Waals surface area contributed by atoms with Crippen LogP contribution in [0.5, 0.6) is 11.5 Å². The lowest BCUT2D eigenvalue weighted by Crippen LogP contribution is -2.34. The van der Waals surface area contributed by atoms with Gasteiger partial charge in [-0.3, -0.25) is 0 Å². The smallest absolute Gasteiger partial charge is 0.420 e. The summed E-state index contributed by atoms with van der Waals surface area (Å²) >= 11 is 0. The second-order valence-electron chi connectivity index (χ2n) is 5.52. The van der Waals surface area contributed by atoms with Crippen LogP contribution in [0.25, 0.3) is 0 Å². The van der Waals surface area contributed by atoms with Gasteiger partial charge in [-0.05, 0) is 38.1 Å². The molecule has 1 aliphatic heterocycles. The van der Waals surface area contributed by atoms with E-state index in [4.69, 9.17) is 9.47 Å². The number of ether oxygens (including phenoxy) is 2. The van der Waals surface area contributed by atoms with Crippen molar-refractivity contribution in [3.8, 4) is 11.5 Å². The van der Waals surface area contributed by atoms with Crippen LogP contribution >= 0.6 is 0 Å². The zero-order valence-electron chi connectivity index (χ0n) is 13.2. The molecule has 0 spiro atoms. The molecule has 1 heterocycles. The van der Waals surface area contributed by atoms with Gasteiger partial charge >= 0.3 is 6.18 Å². The number of likely N-dealkylation sites (tertiary alicyclic amines) is 1. The van der Waals surface area contributed by atoms with Gasteiger partial charge in [-0.2, -0.15) is 13.2 Å². The fourth-order valence-electron chi connectivity index (χ4n) is 3.06. The molecule has 0 aromatic heterocycles. The van der Waals surface area contributed by atoms with Gasteiger partial charge in [0.05, 0.1) is 14.2 Å². The van der Waals surface area contributed by atoms with E-state index in [1.165, 1.54) is 20.3 Å². The number of alkyl halides is 3. The number of methoxy groups -OCH3 is 2. The Morgan fingerprint density at radius 2 is 1.86 bits per heavy atom. The molecule has 1 aliphatic rings. The molecule has 1 atom stereocenters. The molecule has 1 aromatic carbocycles. The van der Waals surface area contributed by atoms with Crippen LogP contribution in [0.1, 0.15) is 36.8 Å². The summed E-state index contributed by atoms with van der Waals surface area (Å²) in [4.78, 5) is 2.30. The van der Waals surface area contributed by atoms with Gasteiger partial charge in [-0.1, -0.05) is 6.92 Å². The van der Waals surface area contributed by atoms with E-state index in [9.17, 15) is 13.2 Å². The van der Waals surface area contributed by atoms with Gasteiger partial charge in [-0.15, -0.1) is 0 Å². The molecule has 0 radical (unpaired) electrons. The first-order valence-electron chi connectivity index (χ1n) is 7.46. The van der Waals surface area contributed by atoms with E-state index in [2.05, 4.69) is 11.8 Å². The lowest BCUT2D eigenvalue weighted by atomic mass is 9.89. The van der Waals surface area contributed by atoms with Crippen molar-refractivity contribution in [2.45, 2.75) is 31.9 Å². The summed E-state index contributed by atoms with van der Waals surface area (Å²) in [5, 5.41) is 0. The Labute approximate surface area is 129 Å². The van der Waals surface area contributed by atoms with E-state index >= 15 is 0 Å². The number of rotatable bonds is 4. The first-order chi connectivity index (χ1) is 10.4. The SMILES string of the molecule is CCN1CCC[C@@H](c2cc(OC)c(C(F)(F)F)cc2OC)C1. The van der Waals surface area contributed by atoms with Crippen LogP contribution < -0.4 is 9.47 Å². The second-order valence-corrected chi connectivity index (χ2v) is 5.52. The minimum absolute atomic E-state index is 0.142. The number of likely N-dealkylation sites (N-methyl/N-ethyl adjacent to an activating group) is 1. The minimum Gasteiger partial charge on any atom is -0.496 e. The molecule has 22 heavy (non-hydrogen) atoms. The maximum atomic E-state index is 13.1. The Bertz CT molecular complexity index is 517. The molecule has 0 unspecified atom stereocenters. The Morgan fingerprint density at radius 3 is 2.41 bits per heavy atom.